The molecule has 1 N–H and O–H groups in total. The fourth-order valence-corrected chi connectivity index (χ4v) is 4.35. The van der Waals surface area contributed by atoms with Crippen LogP contribution < -0.4 is 5.32 Å². The topological polar surface area (TPSA) is 46.2 Å². The van der Waals surface area contributed by atoms with Crippen molar-refractivity contribution in [3.63, 3.8) is 0 Å². The van der Waals surface area contributed by atoms with Crippen LogP contribution in [-0.2, 0) is 15.3 Å². The Labute approximate surface area is 116 Å². The summed E-state index contributed by atoms with van der Waals surface area (Å²) in [5.74, 6) is 0.182. The van der Waals surface area contributed by atoms with Crippen LogP contribution >= 0.6 is 0 Å². The Morgan fingerprint density at radius 2 is 1.89 bits per heavy atom. The van der Waals surface area contributed by atoms with E-state index in [2.05, 4.69) is 29.6 Å². The Kier molecular flexibility index (Phi) is 4.02. The maximum atomic E-state index is 11.5. The van der Waals surface area contributed by atoms with E-state index >= 15 is 0 Å². The van der Waals surface area contributed by atoms with Crippen LogP contribution in [0.3, 0.4) is 0 Å². The lowest BCUT2D eigenvalue weighted by molar-refractivity contribution is 0.551. The zero-order chi connectivity index (χ0) is 14.1. The molecular weight excluding hydrogens is 258 g/mol. The van der Waals surface area contributed by atoms with Gasteiger partial charge in [0.15, 0.2) is 0 Å². The van der Waals surface area contributed by atoms with Gasteiger partial charge in [0.05, 0.1) is 5.75 Å². The van der Waals surface area contributed by atoms with Gasteiger partial charge >= 0.3 is 0 Å². The highest BCUT2D eigenvalue weighted by Crippen LogP contribution is 2.28. The van der Waals surface area contributed by atoms with Crippen molar-refractivity contribution in [3.05, 3.63) is 35.4 Å². The third kappa shape index (κ3) is 3.80. The molecular formula is C15H23NO2S. The fraction of sp³-hybridized carbons (Fsp3) is 0.600. The van der Waals surface area contributed by atoms with Gasteiger partial charge in [0, 0.05) is 17.7 Å². The highest BCUT2D eigenvalue weighted by atomic mass is 32.2. The van der Waals surface area contributed by atoms with Crippen molar-refractivity contribution in [2.45, 2.75) is 38.1 Å². The highest BCUT2D eigenvalue weighted by Gasteiger charge is 2.26. The second-order valence-electron chi connectivity index (χ2n) is 6.22. The first-order chi connectivity index (χ1) is 8.78. The third-order valence-corrected chi connectivity index (χ3v) is 5.02. The van der Waals surface area contributed by atoms with E-state index in [1.54, 1.807) is 0 Å². The molecule has 1 heterocycles. The van der Waals surface area contributed by atoms with Gasteiger partial charge in [-0.3, -0.25) is 0 Å². The summed E-state index contributed by atoms with van der Waals surface area (Å²) in [7, 11) is -2.97. The van der Waals surface area contributed by atoms with Crippen molar-refractivity contribution < 1.29 is 8.42 Å². The minimum absolute atomic E-state index is 0.182. The third-order valence-electron chi connectivity index (χ3n) is 3.78. The molecule has 0 radical (unpaired) electrons. The summed E-state index contributed by atoms with van der Waals surface area (Å²) >= 11 is 0. The lowest BCUT2D eigenvalue weighted by atomic mass is 9.86. The van der Waals surface area contributed by atoms with Crippen LogP contribution in [0.1, 0.15) is 43.9 Å². The SMILES string of the molecule is CC(C)(CS(C)(=O)=O)c1ccc(C2CCCN2)cc1. The maximum absolute atomic E-state index is 11.5. The van der Waals surface area contributed by atoms with Crippen molar-refractivity contribution in [1.29, 1.82) is 0 Å². The molecule has 1 fully saturated rings. The number of benzene rings is 1. The Morgan fingerprint density at radius 1 is 1.26 bits per heavy atom. The van der Waals surface area contributed by atoms with Gasteiger partial charge in [-0.15, -0.1) is 0 Å². The van der Waals surface area contributed by atoms with Crippen molar-refractivity contribution in [3.8, 4) is 0 Å². The first-order valence-electron chi connectivity index (χ1n) is 6.79. The average Bonchev–Trinajstić information content (AvgIpc) is 2.79. The van der Waals surface area contributed by atoms with Crippen molar-refractivity contribution in [2.75, 3.05) is 18.6 Å². The Morgan fingerprint density at radius 3 is 2.37 bits per heavy atom. The lowest BCUT2D eigenvalue weighted by Gasteiger charge is -2.25. The fourth-order valence-electron chi connectivity index (χ4n) is 2.87. The summed E-state index contributed by atoms with van der Waals surface area (Å²) in [5, 5.41) is 3.47. The number of nitrogens with one attached hydrogen (secondary N) is 1. The van der Waals surface area contributed by atoms with Crippen molar-refractivity contribution >= 4 is 9.84 Å². The van der Waals surface area contributed by atoms with Gasteiger partial charge in [0.2, 0.25) is 0 Å². The average molecular weight is 281 g/mol. The van der Waals surface area contributed by atoms with E-state index in [1.165, 1.54) is 24.7 Å². The molecule has 106 valence electrons. The van der Waals surface area contributed by atoms with Crippen LogP contribution in [0.25, 0.3) is 0 Å². The van der Waals surface area contributed by atoms with Crippen LogP contribution in [0.15, 0.2) is 24.3 Å². The molecule has 1 saturated heterocycles. The quantitative estimate of drug-likeness (QED) is 0.922. The van der Waals surface area contributed by atoms with Gasteiger partial charge in [-0.1, -0.05) is 38.1 Å². The molecule has 1 aromatic rings. The number of hydrogen-bond acceptors (Lipinski definition) is 3. The second-order valence-corrected chi connectivity index (χ2v) is 8.37. The van der Waals surface area contributed by atoms with Gasteiger partial charge in [-0.25, -0.2) is 8.42 Å². The highest BCUT2D eigenvalue weighted by molar-refractivity contribution is 7.90. The first kappa shape index (κ1) is 14.5. The predicted molar refractivity (Wildman–Crippen MR) is 79.2 cm³/mol. The van der Waals surface area contributed by atoms with E-state index < -0.39 is 9.84 Å². The molecule has 1 aliphatic rings. The Balaban J connectivity index is 2.17. The molecule has 2 rings (SSSR count). The predicted octanol–water partition coefficient (Wildman–Crippen LogP) is 2.43. The lowest BCUT2D eigenvalue weighted by Crippen LogP contribution is -2.27. The van der Waals surface area contributed by atoms with E-state index in [1.807, 2.05) is 13.8 Å². The molecule has 1 aliphatic heterocycles. The van der Waals surface area contributed by atoms with Crippen LogP contribution in [0.4, 0.5) is 0 Å². The molecule has 4 heteroatoms. The normalized spacial score (nSPS) is 20.7. The van der Waals surface area contributed by atoms with Crippen molar-refractivity contribution in [1.82, 2.24) is 5.32 Å². The van der Waals surface area contributed by atoms with E-state index in [9.17, 15) is 8.42 Å². The molecule has 3 nitrogen and oxygen atoms in total. The summed E-state index contributed by atoms with van der Waals surface area (Å²) in [6, 6.07) is 8.86. The second kappa shape index (κ2) is 5.25. The molecule has 19 heavy (non-hydrogen) atoms. The molecule has 1 unspecified atom stereocenters. The minimum Gasteiger partial charge on any atom is -0.310 e. The van der Waals surface area contributed by atoms with Gasteiger partial charge in [-0.2, -0.15) is 0 Å². The summed E-state index contributed by atoms with van der Waals surface area (Å²) in [6.07, 6.45) is 3.71. The molecule has 0 saturated carbocycles. The molecule has 0 spiro atoms. The van der Waals surface area contributed by atoms with Crippen LogP contribution in [-0.4, -0.2) is 27.0 Å². The van der Waals surface area contributed by atoms with Crippen LogP contribution in [0, 0.1) is 0 Å². The molecule has 1 atom stereocenters. The summed E-state index contributed by atoms with van der Waals surface area (Å²) < 4.78 is 23.0. The largest absolute Gasteiger partial charge is 0.310 e. The van der Waals surface area contributed by atoms with Crippen LogP contribution in [0.2, 0.25) is 0 Å². The smallest absolute Gasteiger partial charge is 0.148 e. The van der Waals surface area contributed by atoms with E-state index in [0.29, 0.717) is 6.04 Å². The first-order valence-corrected chi connectivity index (χ1v) is 8.85. The minimum atomic E-state index is -2.97. The van der Waals surface area contributed by atoms with E-state index in [-0.39, 0.29) is 11.2 Å². The number of hydrogen-bond donors (Lipinski definition) is 1. The van der Waals surface area contributed by atoms with Gasteiger partial charge < -0.3 is 5.32 Å². The molecule has 0 aromatic heterocycles. The summed E-state index contributed by atoms with van der Waals surface area (Å²) in [6.45, 7) is 5.06. The van der Waals surface area contributed by atoms with Gasteiger partial charge in [-0.05, 0) is 30.5 Å². The molecule has 0 aliphatic carbocycles. The van der Waals surface area contributed by atoms with E-state index in [4.69, 9.17) is 0 Å². The molecule has 1 aromatic carbocycles. The standard InChI is InChI=1S/C15H23NO2S/c1-15(2,11-19(3,17)18)13-8-6-12(7-9-13)14-5-4-10-16-14/h6-9,14,16H,4-5,10-11H2,1-3H3. The van der Waals surface area contributed by atoms with Crippen LogP contribution in [0.5, 0.6) is 0 Å². The zero-order valence-electron chi connectivity index (χ0n) is 11.9. The Hall–Kier alpha value is -0.870. The molecule has 0 bridgehead atoms. The number of rotatable bonds is 4. The van der Waals surface area contributed by atoms with Crippen molar-refractivity contribution in [2.24, 2.45) is 0 Å². The Bertz CT molecular complexity index is 526. The monoisotopic (exact) mass is 281 g/mol. The van der Waals surface area contributed by atoms with E-state index in [0.717, 1.165) is 12.1 Å². The zero-order valence-corrected chi connectivity index (χ0v) is 12.8. The van der Waals surface area contributed by atoms with Gasteiger partial charge in [0.1, 0.15) is 9.84 Å². The maximum Gasteiger partial charge on any atom is 0.148 e. The number of sulfone groups is 1. The summed E-state index contributed by atoms with van der Waals surface area (Å²) in [4.78, 5) is 0. The van der Waals surface area contributed by atoms with Gasteiger partial charge in [0.25, 0.3) is 0 Å². The molecule has 0 amide bonds. The summed E-state index contributed by atoms with van der Waals surface area (Å²) in [5.41, 5.74) is 2.05.